The van der Waals surface area contributed by atoms with E-state index < -0.39 is 0 Å². The Labute approximate surface area is 102 Å². The third-order valence-electron chi connectivity index (χ3n) is 3.91. The third-order valence-corrected chi connectivity index (χ3v) is 3.91. The number of rotatable bonds is 2. The lowest BCUT2D eigenvalue weighted by atomic mass is 9.85. The lowest BCUT2D eigenvalue weighted by Crippen LogP contribution is -2.51. The maximum atomic E-state index is 5.01. The summed E-state index contributed by atoms with van der Waals surface area (Å²) >= 11 is 0. The van der Waals surface area contributed by atoms with E-state index in [2.05, 4.69) is 20.4 Å². The first-order valence-electron chi connectivity index (χ1n) is 6.56. The molecule has 2 fully saturated rings. The zero-order valence-corrected chi connectivity index (χ0v) is 10.4. The molecule has 1 aromatic heterocycles. The van der Waals surface area contributed by atoms with Crippen LogP contribution in [0, 0.1) is 12.8 Å². The molecule has 2 saturated heterocycles. The summed E-state index contributed by atoms with van der Waals surface area (Å²) in [6.45, 7) is 6.19. The van der Waals surface area contributed by atoms with Gasteiger partial charge in [0.2, 0.25) is 5.89 Å². The first-order chi connectivity index (χ1) is 8.31. The van der Waals surface area contributed by atoms with Crippen LogP contribution in [0.4, 0.5) is 0 Å². The number of aryl methyl sites for hydroxylation is 1. The zero-order valence-electron chi connectivity index (χ0n) is 10.4. The number of piperidine rings is 2. The van der Waals surface area contributed by atoms with Gasteiger partial charge in [0.25, 0.3) is 0 Å². The molecule has 0 spiro atoms. The normalized spacial score (nSPS) is 30.2. The zero-order chi connectivity index (χ0) is 11.7. The minimum atomic E-state index is 0.661. The van der Waals surface area contributed by atoms with Gasteiger partial charge in [0.05, 0.1) is 6.54 Å². The number of hydrogen-bond donors (Lipinski definition) is 1. The molecule has 3 rings (SSSR count). The Morgan fingerprint density at radius 1 is 1.47 bits per heavy atom. The molecule has 0 bridgehead atoms. The van der Waals surface area contributed by atoms with Crippen LogP contribution in [-0.2, 0) is 6.54 Å². The minimum absolute atomic E-state index is 0.661. The van der Waals surface area contributed by atoms with Crippen LogP contribution in [0.2, 0.25) is 0 Å². The Balaban J connectivity index is 1.58. The highest BCUT2D eigenvalue weighted by Crippen LogP contribution is 2.25. The smallest absolute Gasteiger partial charge is 0.223 e. The van der Waals surface area contributed by atoms with E-state index in [0.717, 1.165) is 30.9 Å². The van der Waals surface area contributed by atoms with Crippen LogP contribution in [0.1, 0.15) is 31.0 Å². The van der Waals surface area contributed by atoms with E-state index in [1.54, 1.807) is 0 Å². The van der Waals surface area contributed by atoms with E-state index in [-0.39, 0.29) is 0 Å². The van der Waals surface area contributed by atoms with Crippen LogP contribution in [0.3, 0.4) is 0 Å². The fourth-order valence-electron chi connectivity index (χ4n) is 3.07. The topological polar surface area (TPSA) is 54.2 Å². The van der Waals surface area contributed by atoms with Crippen LogP contribution >= 0.6 is 0 Å². The Kier molecular flexibility index (Phi) is 3.11. The van der Waals surface area contributed by atoms with E-state index in [0.29, 0.717) is 5.89 Å². The van der Waals surface area contributed by atoms with Crippen LogP contribution in [0.15, 0.2) is 4.52 Å². The van der Waals surface area contributed by atoms with Crippen molar-refractivity contribution in [3.63, 3.8) is 0 Å². The van der Waals surface area contributed by atoms with E-state index in [4.69, 9.17) is 4.52 Å². The van der Waals surface area contributed by atoms with Crippen molar-refractivity contribution in [2.75, 3.05) is 19.6 Å². The van der Waals surface area contributed by atoms with Gasteiger partial charge in [-0.25, -0.2) is 0 Å². The highest BCUT2D eigenvalue weighted by Gasteiger charge is 2.31. The summed E-state index contributed by atoms with van der Waals surface area (Å²) in [7, 11) is 0. The Hall–Kier alpha value is -0.940. The summed E-state index contributed by atoms with van der Waals surface area (Å²) in [6.07, 6.45) is 3.93. The van der Waals surface area contributed by atoms with Gasteiger partial charge in [0, 0.05) is 26.1 Å². The molecule has 1 N–H and O–H groups in total. The van der Waals surface area contributed by atoms with Crippen molar-refractivity contribution in [2.45, 2.75) is 38.8 Å². The second-order valence-electron chi connectivity index (χ2n) is 5.22. The first-order valence-corrected chi connectivity index (χ1v) is 6.56. The van der Waals surface area contributed by atoms with Gasteiger partial charge in [0.1, 0.15) is 0 Å². The molecule has 2 atom stereocenters. The molecule has 0 radical (unpaired) electrons. The summed E-state index contributed by atoms with van der Waals surface area (Å²) in [5, 5.41) is 7.60. The van der Waals surface area contributed by atoms with Crippen molar-refractivity contribution < 1.29 is 4.52 Å². The van der Waals surface area contributed by atoms with Crippen molar-refractivity contribution in [2.24, 2.45) is 5.92 Å². The molecule has 1 aromatic rings. The van der Waals surface area contributed by atoms with Crippen molar-refractivity contribution in [1.29, 1.82) is 0 Å². The van der Waals surface area contributed by atoms with E-state index in [1.165, 1.54) is 32.4 Å². The number of fused-ring (bicyclic) bond motifs is 1. The van der Waals surface area contributed by atoms with Crippen LogP contribution < -0.4 is 5.32 Å². The van der Waals surface area contributed by atoms with Gasteiger partial charge >= 0.3 is 0 Å². The predicted octanol–water partition coefficient (Wildman–Crippen LogP) is 0.952. The monoisotopic (exact) mass is 236 g/mol. The van der Waals surface area contributed by atoms with Crippen molar-refractivity contribution in [3.8, 4) is 0 Å². The van der Waals surface area contributed by atoms with Crippen LogP contribution in [0.5, 0.6) is 0 Å². The summed E-state index contributed by atoms with van der Waals surface area (Å²) in [4.78, 5) is 6.73. The SMILES string of the molecule is Cc1nc(CN2CC[C@@H]3NCCC[C@@H]3C2)no1. The van der Waals surface area contributed by atoms with Gasteiger partial charge in [0.15, 0.2) is 5.82 Å². The van der Waals surface area contributed by atoms with E-state index in [1.807, 2.05) is 6.92 Å². The highest BCUT2D eigenvalue weighted by molar-refractivity contribution is 4.91. The molecule has 17 heavy (non-hydrogen) atoms. The molecule has 0 amide bonds. The molecule has 2 aliphatic rings. The maximum Gasteiger partial charge on any atom is 0.223 e. The van der Waals surface area contributed by atoms with E-state index >= 15 is 0 Å². The van der Waals surface area contributed by atoms with Gasteiger partial charge in [-0.1, -0.05) is 5.16 Å². The molecule has 94 valence electrons. The standard InChI is InChI=1S/C12H20N4O/c1-9-14-12(15-17-9)8-16-6-4-11-10(7-16)3-2-5-13-11/h10-11,13H,2-8H2,1H3/t10-,11+/m1/s1. The number of nitrogens with zero attached hydrogens (tertiary/aromatic N) is 3. The Morgan fingerprint density at radius 3 is 3.24 bits per heavy atom. The molecule has 0 aliphatic carbocycles. The van der Waals surface area contributed by atoms with Gasteiger partial charge in [-0.15, -0.1) is 0 Å². The molecule has 0 aromatic carbocycles. The first kappa shape index (κ1) is 11.2. The second kappa shape index (κ2) is 4.74. The lowest BCUT2D eigenvalue weighted by molar-refractivity contribution is 0.106. The maximum absolute atomic E-state index is 5.01. The Morgan fingerprint density at radius 2 is 2.41 bits per heavy atom. The minimum Gasteiger partial charge on any atom is -0.340 e. The van der Waals surface area contributed by atoms with Gasteiger partial charge in [-0.2, -0.15) is 4.98 Å². The molecule has 0 saturated carbocycles. The number of nitrogens with one attached hydrogen (secondary N) is 1. The van der Waals surface area contributed by atoms with Gasteiger partial charge < -0.3 is 9.84 Å². The van der Waals surface area contributed by atoms with Crippen LogP contribution in [-0.4, -0.2) is 40.7 Å². The van der Waals surface area contributed by atoms with Crippen molar-refractivity contribution in [1.82, 2.24) is 20.4 Å². The number of aromatic nitrogens is 2. The number of likely N-dealkylation sites (tertiary alicyclic amines) is 1. The predicted molar refractivity (Wildman–Crippen MR) is 63.4 cm³/mol. The molecular weight excluding hydrogens is 216 g/mol. The summed E-state index contributed by atoms with van der Waals surface area (Å²) in [6, 6.07) is 0.743. The lowest BCUT2D eigenvalue weighted by Gasteiger charge is -2.41. The van der Waals surface area contributed by atoms with Gasteiger partial charge in [-0.05, 0) is 31.7 Å². The average molecular weight is 236 g/mol. The quantitative estimate of drug-likeness (QED) is 0.828. The molecule has 0 unspecified atom stereocenters. The third kappa shape index (κ3) is 2.50. The summed E-state index contributed by atoms with van der Waals surface area (Å²) < 4.78 is 5.01. The Bertz CT molecular complexity index is 378. The second-order valence-corrected chi connectivity index (χ2v) is 5.22. The molecule has 5 heteroatoms. The molecule has 5 nitrogen and oxygen atoms in total. The van der Waals surface area contributed by atoms with Crippen LogP contribution in [0.25, 0.3) is 0 Å². The summed E-state index contributed by atoms with van der Waals surface area (Å²) in [5.74, 6) is 2.30. The fraction of sp³-hybridized carbons (Fsp3) is 0.833. The molecular formula is C12H20N4O. The largest absolute Gasteiger partial charge is 0.340 e. The van der Waals surface area contributed by atoms with Crippen molar-refractivity contribution in [3.05, 3.63) is 11.7 Å². The molecule has 3 heterocycles. The molecule has 2 aliphatic heterocycles. The fourth-order valence-corrected chi connectivity index (χ4v) is 3.07. The van der Waals surface area contributed by atoms with Crippen molar-refractivity contribution >= 4 is 0 Å². The number of hydrogen-bond acceptors (Lipinski definition) is 5. The highest BCUT2D eigenvalue weighted by atomic mass is 16.5. The van der Waals surface area contributed by atoms with E-state index in [9.17, 15) is 0 Å². The van der Waals surface area contributed by atoms with Gasteiger partial charge in [-0.3, -0.25) is 4.90 Å². The summed E-state index contributed by atoms with van der Waals surface area (Å²) in [5.41, 5.74) is 0. The average Bonchev–Trinajstić information content (AvgIpc) is 2.75.